The summed E-state index contributed by atoms with van der Waals surface area (Å²) < 4.78 is 52.7. The molecular formula is C20H12F4N2. The van der Waals surface area contributed by atoms with Gasteiger partial charge < -0.3 is 0 Å². The molecule has 0 spiro atoms. The lowest BCUT2D eigenvalue weighted by atomic mass is 10.1. The maximum atomic E-state index is 13.5. The minimum absolute atomic E-state index is 0.0313. The topological polar surface area (TPSA) is 24.7 Å². The molecule has 0 radical (unpaired) electrons. The number of hydrogen-bond donors (Lipinski definition) is 0. The van der Waals surface area contributed by atoms with Crippen LogP contribution in [0.5, 0.6) is 0 Å². The van der Waals surface area contributed by atoms with E-state index in [2.05, 4.69) is 9.98 Å². The van der Waals surface area contributed by atoms with E-state index in [9.17, 15) is 17.6 Å². The Balaban J connectivity index is 1.72. The average molecular weight is 356 g/mol. The minimum Gasteiger partial charge on any atom is -0.253 e. The van der Waals surface area contributed by atoms with E-state index in [0.717, 1.165) is 24.3 Å². The molecule has 0 aliphatic rings. The van der Waals surface area contributed by atoms with E-state index in [0.29, 0.717) is 11.1 Å². The number of nitrogens with zero attached hydrogens (tertiary/aromatic N) is 2. The lowest BCUT2D eigenvalue weighted by molar-refractivity contribution is 0.584. The molecular weight excluding hydrogens is 344 g/mol. The Kier molecular flexibility index (Phi) is 5.22. The van der Waals surface area contributed by atoms with Crippen molar-refractivity contribution in [2.45, 2.75) is 0 Å². The van der Waals surface area contributed by atoms with Crippen LogP contribution in [0.25, 0.3) is 0 Å². The molecule has 0 fully saturated rings. The summed E-state index contributed by atoms with van der Waals surface area (Å²) in [5, 5.41) is 0. The first-order valence-electron chi connectivity index (χ1n) is 7.59. The van der Waals surface area contributed by atoms with E-state index in [1.165, 1.54) is 24.6 Å². The predicted octanol–water partition coefficient (Wildman–Crippen LogP) is 5.74. The molecule has 0 saturated heterocycles. The largest absolute Gasteiger partial charge is 0.253 e. The Morgan fingerprint density at radius 2 is 0.923 bits per heavy atom. The third-order valence-corrected chi connectivity index (χ3v) is 3.46. The fourth-order valence-corrected chi connectivity index (χ4v) is 2.13. The molecule has 0 bridgehead atoms. The van der Waals surface area contributed by atoms with Gasteiger partial charge in [0.1, 0.15) is 11.6 Å². The SMILES string of the molecule is Fc1ccc(N=Cc2ccc(C=Nc3ccc(F)cc3F)cc2)c(F)c1. The zero-order chi connectivity index (χ0) is 18.5. The monoisotopic (exact) mass is 356 g/mol. The highest BCUT2D eigenvalue weighted by molar-refractivity contribution is 5.86. The second-order valence-corrected chi connectivity index (χ2v) is 5.37. The Bertz CT molecular complexity index is 899. The van der Waals surface area contributed by atoms with E-state index in [4.69, 9.17) is 0 Å². The van der Waals surface area contributed by atoms with Crippen molar-refractivity contribution in [2.75, 3.05) is 0 Å². The first kappa shape index (κ1) is 17.5. The van der Waals surface area contributed by atoms with Crippen LogP contribution in [0, 0.1) is 23.3 Å². The van der Waals surface area contributed by atoms with Gasteiger partial charge in [0.15, 0.2) is 11.6 Å². The van der Waals surface area contributed by atoms with Crippen molar-refractivity contribution >= 4 is 23.8 Å². The molecule has 0 amide bonds. The quantitative estimate of drug-likeness (QED) is 0.420. The molecule has 2 nitrogen and oxygen atoms in total. The molecule has 0 heterocycles. The summed E-state index contributed by atoms with van der Waals surface area (Å²) in [6.07, 6.45) is 2.88. The van der Waals surface area contributed by atoms with E-state index in [1.807, 2.05) is 0 Å². The van der Waals surface area contributed by atoms with Gasteiger partial charge in [-0.15, -0.1) is 0 Å². The molecule has 130 valence electrons. The van der Waals surface area contributed by atoms with Gasteiger partial charge in [-0.1, -0.05) is 24.3 Å². The van der Waals surface area contributed by atoms with Gasteiger partial charge in [0.2, 0.25) is 0 Å². The van der Waals surface area contributed by atoms with Crippen molar-refractivity contribution < 1.29 is 17.6 Å². The third kappa shape index (κ3) is 4.42. The van der Waals surface area contributed by atoms with Crippen LogP contribution < -0.4 is 0 Å². The number of halogens is 4. The summed E-state index contributed by atoms with van der Waals surface area (Å²) in [6, 6.07) is 13.1. The average Bonchev–Trinajstić information content (AvgIpc) is 2.61. The smallest absolute Gasteiger partial charge is 0.151 e. The molecule has 0 aromatic heterocycles. The molecule has 3 aromatic rings. The molecule has 6 heteroatoms. The molecule has 0 aliphatic carbocycles. The maximum Gasteiger partial charge on any atom is 0.151 e. The van der Waals surface area contributed by atoms with Crippen molar-refractivity contribution in [3.63, 3.8) is 0 Å². The van der Waals surface area contributed by atoms with Gasteiger partial charge in [-0.05, 0) is 35.4 Å². The van der Waals surface area contributed by atoms with Crippen LogP contribution in [0.15, 0.2) is 70.6 Å². The van der Waals surface area contributed by atoms with Crippen molar-refractivity contribution in [1.29, 1.82) is 0 Å². The zero-order valence-corrected chi connectivity index (χ0v) is 13.3. The van der Waals surface area contributed by atoms with Gasteiger partial charge in [-0.3, -0.25) is 9.98 Å². The van der Waals surface area contributed by atoms with Gasteiger partial charge in [-0.2, -0.15) is 0 Å². The highest BCUT2D eigenvalue weighted by Gasteiger charge is 2.02. The van der Waals surface area contributed by atoms with E-state index in [-0.39, 0.29) is 11.4 Å². The number of aliphatic imine (C=N–C) groups is 2. The summed E-state index contributed by atoms with van der Waals surface area (Å²) in [5.41, 5.74) is 1.45. The molecule has 0 aliphatic heterocycles. The number of rotatable bonds is 4. The summed E-state index contributed by atoms with van der Waals surface area (Å²) in [5.74, 6) is -2.82. The summed E-state index contributed by atoms with van der Waals surface area (Å²) in [6.45, 7) is 0. The first-order valence-corrected chi connectivity index (χ1v) is 7.59. The van der Waals surface area contributed by atoms with Crippen molar-refractivity contribution in [1.82, 2.24) is 0 Å². The van der Waals surface area contributed by atoms with Crippen molar-refractivity contribution in [2.24, 2.45) is 9.98 Å². The molecule has 0 N–H and O–H groups in total. The fourth-order valence-electron chi connectivity index (χ4n) is 2.13. The van der Waals surface area contributed by atoms with Gasteiger partial charge in [0.05, 0.1) is 11.4 Å². The molecule has 26 heavy (non-hydrogen) atoms. The Morgan fingerprint density at radius 3 is 1.27 bits per heavy atom. The summed E-state index contributed by atoms with van der Waals surface area (Å²) in [7, 11) is 0. The predicted molar refractivity (Wildman–Crippen MR) is 93.7 cm³/mol. The summed E-state index contributed by atoms with van der Waals surface area (Å²) in [4.78, 5) is 7.95. The van der Waals surface area contributed by atoms with E-state index in [1.54, 1.807) is 24.3 Å². The van der Waals surface area contributed by atoms with Crippen LogP contribution >= 0.6 is 0 Å². The van der Waals surface area contributed by atoms with Crippen molar-refractivity contribution in [3.05, 3.63) is 95.1 Å². The van der Waals surface area contributed by atoms with Gasteiger partial charge >= 0.3 is 0 Å². The van der Waals surface area contributed by atoms with E-state index >= 15 is 0 Å². The molecule has 3 aromatic carbocycles. The molecule has 3 rings (SSSR count). The van der Waals surface area contributed by atoms with Crippen LogP contribution in [0.2, 0.25) is 0 Å². The van der Waals surface area contributed by atoms with Gasteiger partial charge in [-0.25, -0.2) is 17.6 Å². The van der Waals surface area contributed by atoms with Gasteiger partial charge in [0.25, 0.3) is 0 Å². The molecule has 0 saturated carbocycles. The maximum absolute atomic E-state index is 13.5. The minimum atomic E-state index is -0.744. The third-order valence-electron chi connectivity index (χ3n) is 3.46. The van der Waals surface area contributed by atoms with Crippen LogP contribution in [0.4, 0.5) is 28.9 Å². The standard InChI is InChI=1S/C20H12F4N2/c21-15-5-7-19(17(23)9-15)25-11-13-1-2-14(4-3-13)12-26-20-8-6-16(22)10-18(20)24/h1-12H. The Morgan fingerprint density at radius 1 is 0.538 bits per heavy atom. The number of hydrogen-bond acceptors (Lipinski definition) is 2. The van der Waals surface area contributed by atoms with Crippen molar-refractivity contribution in [3.8, 4) is 0 Å². The van der Waals surface area contributed by atoms with Crippen LogP contribution in [-0.2, 0) is 0 Å². The van der Waals surface area contributed by atoms with Crippen LogP contribution in [-0.4, -0.2) is 12.4 Å². The molecule has 0 unspecified atom stereocenters. The highest BCUT2D eigenvalue weighted by Crippen LogP contribution is 2.19. The second-order valence-electron chi connectivity index (χ2n) is 5.37. The van der Waals surface area contributed by atoms with Crippen LogP contribution in [0.1, 0.15) is 11.1 Å². The number of benzene rings is 3. The van der Waals surface area contributed by atoms with Crippen LogP contribution in [0.3, 0.4) is 0 Å². The lowest BCUT2D eigenvalue weighted by Gasteiger charge is -1.99. The van der Waals surface area contributed by atoms with Gasteiger partial charge in [0, 0.05) is 24.6 Å². The fraction of sp³-hybridized carbons (Fsp3) is 0. The lowest BCUT2D eigenvalue weighted by Crippen LogP contribution is -1.86. The van der Waals surface area contributed by atoms with E-state index < -0.39 is 23.3 Å². The summed E-state index contributed by atoms with van der Waals surface area (Å²) >= 11 is 0. The zero-order valence-electron chi connectivity index (χ0n) is 13.3. The first-order chi connectivity index (χ1) is 12.5. The normalized spacial score (nSPS) is 11.5. The highest BCUT2D eigenvalue weighted by atomic mass is 19.1. The Hall–Kier alpha value is -3.28. The Labute approximate surface area is 147 Å². The molecule has 0 atom stereocenters. The second kappa shape index (κ2) is 7.74.